The van der Waals surface area contributed by atoms with Crippen LogP contribution in [0.5, 0.6) is 11.5 Å². The Hall–Kier alpha value is -4.63. The third-order valence-corrected chi connectivity index (χ3v) is 5.35. The smallest absolute Gasteiger partial charge is 0.276 e. The molecule has 4 aromatic rings. The molecule has 6 nitrogen and oxygen atoms in total. The SMILES string of the molecule is CCOc1cc(/C=C(/C#N)c2cccc3ccccc23)ccc1OCc1ccccc1[N+](=O)[O-]. The number of hydrogen-bond donors (Lipinski definition) is 0. The maximum absolute atomic E-state index is 11.3. The van der Waals surface area contributed by atoms with Gasteiger partial charge in [0.05, 0.1) is 28.7 Å². The fraction of sp³-hybridized carbons (Fsp3) is 0.107. The molecule has 0 unspecified atom stereocenters. The van der Waals surface area contributed by atoms with Gasteiger partial charge in [-0.25, -0.2) is 0 Å². The highest BCUT2D eigenvalue weighted by atomic mass is 16.6. The largest absolute Gasteiger partial charge is 0.490 e. The van der Waals surface area contributed by atoms with Gasteiger partial charge in [-0.3, -0.25) is 10.1 Å². The number of para-hydroxylation sites is 1. The molecule has 0 aromatic heterocycles. The second kappa shape index (κ2) is 10.3. The number of rotatable bonds is 8. The van der Waals surface area contributed by atoms with E-state index in [1.807, 2.05) is 61.5 Å². The van der Waals surface area contributed by atoms with Crippen molar-refractivity contribution in [2.75, 3.05) is 6.61 Å². The van der Waals surface area contributed by atoms with Gasteiger partial charge in [0.25, 0.3) is 5.69 Å². The lowest BCUT2D eigenvalue weighted by Gasteiger charge is -2.13. The van der Waals surface area contributed by atoms with Crippen LogP contribution in [0.25, 0.3) is 22.4 Å². The average molecular weight is 450 g/mol. The van der Waals surface area contributed by atoms with Crippen molar-refractivity contribution in [2.24, 2.45) is 0 Å². The standard InChI is InChI=1S/C28H22N2O4/c1-2-33-28-17-20(14-15-27(28)34-19-22-9-4-6-13-26(22)30(31)32)16-23(18-29)25-12-7-10-21-8-3-5-11-24(21)25/h3-17H,2,19H2,1H3/b23-16-. The highest BCUT2D eigenvalue weighted by molar-refractivity contribution is 6.01. The van der Waals surface area contributed by atoms with E-state index in [0.29, 0.717) is 29.2 Å². The predicted octanol–water partition coefficient (Wildman–Crippen LogP) is 6.79. The van der Waals surface area contributed by atoms with Crippen molar-refractivity contribution >= 4 is 28.1 Å². The number of allylic oxidation sites excluding steroid dienone is 1. The predicted molar refractivity (Wildman–Crippen MR) is 132 cm³/mol. The van der Waals surface area contributed by atoms with Gasteiger partial charge in [-0.15, -0.1) is 0 Å². The van der Waals surface area contributed by atoms with E-state index in [9.17, 15) is 15.4 Å². The van der Waals surface area contributed by atoms with Crippen molar-refractivity contribution in [1.82, 2.24) is 0 Å². The van der Waals surface area contributed by atoms with E-state index in [1.165, 1.54) is 6.07 Å². The van der Waals surface area contributed by atoms with Crippen molar-refractivity contribution in [3.8, 4) is 17.6 Å². The van der Waals surface area contributed by atoms with Crippen LogP contribution in [0.15, 0.2) is 84.9 Å². The van der Waals surface area contributed by atoms with Crippen LogP contribution in [-0.2, 0) is 6.61 Å². The topological polar surface area (TPSA) is 85.4 Å². The van der Waals surface area contributed by atoms with Gasteiger partial charge in [-0.05, 0) is 47.5 Å². The number of benzene rings is 4. The van der Waals surface area contributed by atoms with Crippen molar-refractivity contribution in [2.45, 2.75) is 13.5 Å². The van der Waals surface area contributed by atoms with Crippen LogP contribution in [-0.4, -0.2) is 11.5 Å². The number of fused-ring (bicyclic) bond motifs is 1. The maximum atomic E-state index is 11.3. The molecule has 168 valence electrons. The average Bonchev–Trinajstić information content (AvgIpc) is 2.87. The summed E-state index contributed by atoms with van der Waals surface area (Å²) in [6.07, 6.45) is 1.82. The molecule has 0 aliphatic carbocycles. The summed E-state index contributed by atoms with van der Waals surface area (Å²) in [5.74, 6) is 0.978. The summed E-state index contributed by atoms with van der Waals surface area (Å²) < 4.78 is 11.6. The van der Waals surface area contributed by atoms with E-state index in [4.69, 9.17) is 9.47 Å². The Morgan fingerprint density at radius 2 is 1.74 bits per heavy atom. The van der Waals surface area contributed by atoms with E-state index in [2.05, 4.69) is 6.07 Å². The number of nitro benzene ring substituents is 1. The van der Waals surface area contributed by atoms with Crippen LogP contribution < -0.4 is 9.47 Å². The molecular weight excluding hydrogens is 428 g/mol. The Morgan fingerprint density at radius 1 is 0.971 bits per heavy atom. The first kappa shape index (κ1) is 22.6. The molecule has 0 radical (unpaired) electrons. The first-order chi connectivity index (χ1) is 16.6. The van der Waals surface area contributed by atoms with E-state index < -0.39 is 4.92 Å². The van der Waals surface area contributed by atoms with Crippen LogP contribution >= 0.6 is 0 Å². The second-order valence-corrected chi connectivity index (χ2v) is 7.51. The van der Waals surface area contributed by atoms with E-state index in [-0.39, 0.29) is 12.3 Å². The van der Waals surface area contributed by atoms with Crippen molar-refractivity contribution in [3.63, 3.8) is 0 Å². The van der Waals surface area contributed by atoms with Crippen LogP contribution in [0.4, 0.5) is 5.69 Å². The fourth-order valence-electron chi connectivity index (χ4n) is 3.77. The van der Waals surface area contributed by atoms with E-state index >= 15 is 0 Å². The van der Waals surface area contributed by atoms with Crippen molar-refractivity contribution < 1.29 is 14.4 Å². The molecule has 0 aliphatic rings. The minimum absolute atomic E-state index is 0.00811. The zero-order chi connectivity index (χ0) is 23.9. The molecule has 0 bridgehead atoms. The highest BCUT2D eigenvalue weighted by Gasteiger charge is 2.14. The monoisotopic (exact) mass is 450 g/mol. The van der Waals surface area contributed by atoms with E-state index in [1.54, 1.807) is 30.3 Å². The number of nitrogens with zero attached hydrogens (tertiary/aromatic N) is 2. The number of nitriles is 1. The molecule has 6 heteroatoms. The maximum Gasteiger partial charge on any atom is 0.276 e. The Balaban J connectivity index is 1.65. The lowest BCUT2D eigenvalue weighted by atomic mass is 9.97. The Kier molecular flexibility index (Phi) is 6.85. The lowest BCUT2D eigenvalue weighted by Crippen LogP contribution is -2.02. The zero-order valence-corrected chi connectivity index (χ0v) is 18.6. The lowest BCUT2D eigenvalue weighted by molar-refractivity contribution is -0.385. The molecule has 0 spiro atoms. The molecule has 4 rings (SSSR count). The Morgan fingerprint density at radius 3 is 2.53 bits per heavy atom. The molecule has 34 heavy (non-hydrogen) atoms. The molecule has 0 fully saturated rings. The first-order valence-corrected chi connectivity index (χ1v) is 10.8. The third-order valence-electron chi connectivity index (χ3n) is 5.35. The van der Waals surface area contributed by atoms with Gasteiger partial charge in [-0.2, -0.15) is 5.26 Å². The van der Waals surface area contributed by atoms with Gasteiger partial charge in [-0.1, -0.05) is 60.7 Å². The molecule has 0 N–H and O–H groups in total. The summed E-state index contributed by atoms with van der Waals surface area (Å²) in [6.45, 7) is 2.32. The summed E-state index contributed by atoms with van der Waals surface area (Å²) in [7, 11) is 0. The summed E-state index contributed by atoms with van der Waals surface area (Å²) >= 11 is 0. The molecule has 0 atom stereocenters. The fourth-order valence-corrected chi connectivity index (χ4v) is 3.77. The molecule has 4 aromatic carbocycles. The third kappa shape index (κ3) is 4.89. The van der Waals surface area contributed by atoms with Gasteiger partial charge in [0.15, 0.2) is 11.5 Å². The molecule has 0 heterocycles. The minimum atomic E-state index is -0.424. The molecule has 0 amide bonds. The van der Waals surface area contributed by atoms with Crippen LogP contribution in [0.3, 0.4) is 0 Å². The van der Waals surface area contributed by atoms with Crippen LogP contribution in [0.1, 0.15) is 23.6 Å². The van der Waals surface area contributed by atoms with Crippen molar-refractivity contribution in [3.05, 3.63) is 112 Å². The molecule has 0 aliphatic heterocycles. The minimum Gasteiger partial charge on any atom is -0.490 e. The Labute approximate surface area is 197 Å². The normalized spacial score (nSPS) is 11.1. The quantitative estimate of drug-likeness (QED) is 0.128. The summed E-state index contributed by atoms with van der Waals surface area (Å²) in [4.78, 5) is 10.8. The van der Waals surface area contributed by atoms with Gasteiger partial charge >= 0.3 is 0 Å². The number of nitro groups is 1. The number of hydrogen-bond acceptors (Lipinski definition) is 5. The summed E-state index contributed by atoms with van der Waals surface area (Å²) in [5, 5.41) is 23.2. The Bertz CT molecular complexity index is 1410. The van der Waals surface area contributed by atoms with Gasteiger partial charge in [0.2, 0.25) is 0 Å². The van der Waals surface area contributed by atoms with Crippen molar-refractivity contribution in [1.29, 1.82) is 5.26 Å². The second-order valence-electron chi connectivity index (χ2n) is 7.51. The van der Waals surface area contributed by atoms with E-state index in [0.717, 1.165) is 21.9 Å². The summed E-state index contributed by atoms with van der Waals surface area (Å²) in [5.41, 5.74) is 2.66. The highest BCUT2D eigenvalue weighted by Crippen LogP contribution is 2.33. The van der Waals surface area contributed by atoms with Crippen LogP contribution in [0, 0.1) is 21.4 Å². The zero-order valence-electron chi connectivity index (χ0n) is 18.6. The molecular formula is C28H22N2O4. The van der Waals surface area contributed by atoms with Gasteiger partial charge in [0, 0.05) is 11.6 Å². The first-order valence-electron chi connectivity index (χ1n) is 10.8. The molecule has 0 saturated heterocycles. The number of ether oxygens (including phenoxy) is 2. The van der Waals surface area contributed by atoms with Gasteiger partial charge in [0.1, 0.15) is 6.61 Å². The molecule has 0 saturated carbocycles. The van der Waals surface area contributed by atoms with Gasteiger partial charge < -0.3 is 9.47 Å². The summed E-state index contributed by atoms with van der Waals surface area (Å²) in [6, 6.07) is 28.0. The van der Waals surface area contributed by atoms with Crippen LogP contribution in [0.2, 0.25) is 0 Å².